The molecule has 0 amide bonds. The van der Waals surface area contributed by atoms with Crippen molar-refractivity contribution in [2.45, 2.75) is 0 Å². The van der Waals surface area contributed by atoms with Crippen LogP contribution < -0.4 is 4.74 Å². The number of rotatable bonds is 3. The van der Waals surface area contributed by atoms with Gasteiger partial charge in [0, 0.05) is 22.4 Å². The van der Waals surface area contributed by atoms with Gasteiger partial charge in [-0.15, -0.1) is 0 Å². The van der Waals surface area contributed by atoms with E-state index in [1.54, 1.807) is 13.3 Å². The van der Waals surface area contributed by atoms with E-state index in [2.05, 4.69) is 20.9 Å². The van der Waals surface area contributed by atoms with Crippen molar-refractivity contribution in [2.24, 2.45) is 0 Å². The van der Waals surface area contributed by atoms with Crippen molar-refractivity contribution >= 4 is 15.9 Å². The van der Waals surface area contributed by atoms with Gasteiger partial charge in [-0.05, 0) is 46.3 Å². The summed E-state index contributed by atoms with van der Waals surface area (Å²) >= 11 is 3.39. The highest BCUT2D eigenvalue weighted by Gasteiger charge is 2.08. The van der Waals surface area contributed by atoms with Gasteiger partial charge in [-0.3, -0.25) is 4.57 Å². The molecule has 0 unspecified atom stereocenters. The Labute approximate surface area is 118 Å². The van der Waals surface area contributed by atoms with Gasteiger partial charge in [-0.1, -0.05) is 0 Å². The number of ether oxygens (including phenoxy) is 1. The summed E-state index contributed by atoms with van der Waals surface area (Å²) in [5.41, 5.74) is 0.964. The third-order valence-electron chi connectivity index (χ3n) is 2.75. The first-order valence-electron chi connectivity index (χ1n) is 5.70. The topological polar surface area (TPSA) is 40.2 Å². The summed E-state index contributed by atoms with van der Waals surface area (Å²) < 4.78 is 13.7. The molecule has 0 fully saturated rings. The first-order valence-corrected chi connectivity index (χ1v) is 6.50. The van der Waals surface area contributed by atoms with Crippen molar-refractivity contribution < 1.29 is 9.15 Å². The predicted octanol–water partition coefficient (Wildman–Crippen LogP) is 3.90. The molecule has 96 valence electrons. The SMILES string of the molecule is COc1ccc(-c2cnc(-n3ccc(Br)c3)o2)cc1. The number of nitrogens with zero attached hydrogens (tertiary/aromatic N) is 2. The molecule has 0 aliphatic heterocycles. The molecule has 0 atom stereocenters. The van der Waals surface area contributed by atoms with Crippen LogP contribution in [0.4, 0.5) is 0 Å². The second-order valence-electron chi connectivity index (χ2n) is 3.97. The van der Waals surface area contributed by atoms with Crippen LogP contribution >= 0.6 is 15.9 Å². The lowest BCUT2D eigenvalue weighted by Crippen LogP contribution is -1.87. The number of benzene rings is 1. The third kappa shape index (κ3) is 2.42. The summed E-state index contributed by atoms with van der Waals surface area (Å²) in [6.07, 6.45) is 5.49. The van der Waals surface area contributed by atoms with Crippen LogP contribution in [0.5, 0.6) is 5.75 Å². The fourth-order valence-electron chi connectivity index (χ4n) is 1.76. The number of aromatic nitrogens is 2. The van der Waals surface area contributed by atoms with Crippen molar-refractivity contribution in [3.63, 3.8) is 0 Å². The van der Waals surface area contributed by atoms with Crippen molar-refractivity contribution in [3.05, 3.63) is 53.4 Å². The monoisotopic (exact) mass is 318 g/mol. The Balaban J connectivity index is 1.91. The minimum absolute atomic E-state index is 0.538. The third-order valence-corrected chi connectivity index (χ3v) is 3.21. The standard InChI is InChI=1S/C14H11BrN2O2/c1-18-12-4-2-10(3-5-12)13-8-16-14(19-13)17-7-6-11(15)9-17/h2-9H,1H3. The molecule has 0 spiro atoms. The van der Waals surface area contributed by atoms with Crippen LogP contribution in [0.2, 0.25) is 0 Å². The molecule has 2 aromatic heterocycles. The lowest BCUT2D eigenvalue weighted by Gasteiger charge is -2.00. The van der Waals surface area contributed by atoms with E-state index in [0.29, 0.717) is 6.01 Å². The van der Waals surface area contributed by atoms with Crippen molar-refractivity contribution in [1.82, 2.24) is 9.55 Å². The molecule has 1 aromatic carbocycles. The highest BCUT2D eigenvalue weighted by atomic mass is 79.9. The minimum atomic E-state index is 0.538. The normalized spacial score (nSPS) is 10.6. The summed E-state index contributed by atoms with van der Waals surface area (Å²) in [5.74, 6) is 1.54. The molecule has 0 aliphatic carbocycles. The maximum atomic E-state index is 5.73. The van der Waals surface area contributed by atoms with Gasteiger partial charge in [0.05, 0.1) is 13.3 Å². The number of methoxy groups -OCH3 is 1. The predicted molar refractivity (Wildman–Crippen MR) is 75.5 cm³/mol. The molecule has 0 aliphatic rings. The molecular weight excluding hydrogens is 308 g/mol. The number of halogens is 1. The molecular formula is C14H11BrN2O2. The van der Waals surface area contributed by atoms with Crippen LogP contribution in [0, 0.1) is 0 Å². The average molecular weight is 319 g/mol. The van der Waals surface area contributed by atoms with E-state index < -0.39 is 0 Å². The first kappa shape index (κ1) is 12.0. The van der Waals surface area contributed by atoms with Gasteiger partial charge < -0.3 is 9.15 Å². The lowest BCUT2D eigenvalue weighted by atomic mass is 10.2. The molecule has 0 saturated carbocycles. The summed E-state index contributed by atoms with van der Waals surface area (Å²) in [6.45, 7) is 0. The molecule has 0 radical (unpaired) electrons. The zero-order valence-electron chi connectivity index (χ0n) is 10.2. The zero-order valence-corrected chi connectivity index (χ0v) is 11.8. The molecule has 0 bridgehead atoms. The number of hydrogen-bond acceptors (Lipinski definition) is 3. The fourth-order valence-corrected chi connectivity index (χ4v) is 2.10. The van der Waals surface area contributed by atoms with Gasteiger partial charge in [0.15, 0.2) is 5.76 Å². The zero-order chi connectivity index (χ0) is 13.2. The van der Waals surface area contributed by atoms with Crippen LogP contribution in [0.3, 0.4) is 0 Å². The highest BCUT2D eigenvalue weighted by Crippen LogP contribution is 2.24. The van der Waals surface area contributed by atoms with E-state index in [1.807, 2.05) is 47.3 Å². The van der Waals surface area contributed by atoms with Gasteiger partial charge in [0.2, 0.25) is 0 Å². The minimum Gasteiger partial charge on any atom is -0.497 e. The van der Waals surface area contributed by atoms with E-state index in [4.69, 9.17) is 9.15 Å². The second kappa shape index (κ2) is 4.93. The molecule has 0 saturated heterocycles. The van der Waals surface area contributed by atoms with E-state index in [9.17, 15) is 0 Å². The molecule has 19 heavy (non-hydrogen) atoms. The summed E-state index contributed by atoms with van der Waals surface area (Å²) in [4.78, 5) is 4.26. The highest BCUT2D eigenvalue weighted by molar-refractivity contribution is 9.10. The van der Waals surface area contributed by atoms with E-state index in [1.165, 1.54) is 0 Å². The second-order valence-corrected chi connectivity index (χ2v) is 4.89. The van der Waals surface area contributed by atoms with Crippen LogP contribution in [-0.4, -0.2) is 16.7 Å². The largest absolute Gasteiger partial charge is 0.497 e. The average Bonchev–Trinajstić information content (AvgIpc) is 3.07. The van der Waals surface area contributed by atoms with Crippen molar-refractivity contribution in [1.29, 1.82) is 0 Å². The Morgan fingerprint density at radius 3 is 2.63 bits per heavy atom. The Bertz CT molecular complexity index is 686. The van der Waals surface area contributed by atoms with Crippen LogP contribution in [-0.2, 0) is 0 Å². The quantitative estimate of drug-likeness (QED) is 0.735. The van der Waals surface area contributed by atoms with Crippen LogP contribution in [0.25, 0.3) is 17.3 Å². The molecule has 4 nitrogen and oxygen atoms in total. The molecule has 0 N–H and O–H groups in total. The van der Waals surface area contributed by atoms with Crippen LogP contribution in [0.15, 0.2) is 57.8 Å². The van der Waals surface area contributed by atoms with Gasteiger partial charge in [-0.2, -0.15) is 0 Å². The Kier molecular flexibility index (Phi) is 3.13. The fraction of sp³-hybridized carbons (Fsp3) is 0.0714. The Morgan fingerprint density at radius 1 is 1.21 bits per heavy atom. The summed E-state index contributed by atoms with van der Waals surface area (Å²) in [7, 11) is 1.64. The Hall–Kier alpha value is -2.01. The first-order chi connectivity index (χ1) is 9.26. The van der Waals surface area contributed by atoms with Gasteiger partial charge in [0.25, 0.3) is 0 Å². The summed E-state index contributed by atoms with van der Waals surface area (Å²) in [6, 6.07) is 10.1. The smallest absolute Gasteiger partial charge is 0.306 e. The lowest BCUT2D eigenvalue weighted by molar-refractivity contribution is 0.415. The van der Waals surface area contributed by atoms with Gasteiger partial charge >= 0.3 is 6.01 Å². The number of hydrogen-bond donors (Lipinski definition) is 0. The van der Waals surface area contributed by atoms with Crippen molar-refractivity contribution in [2.75, 3.05) is 7.11 Å². The van der Waals surface area contributed by atoms with E-state index >= 15 is 0 Å². The Morgan fingerprint density at radius 2 is 2.00 bits per heavy atom. The molecule has 2 heterocycles. The van der Waals surface area contributed by atoms with E-state index in [-0.39, 0.29) is 0 Å². The van der Waals surface area contributed by atoms with Crippen LogP contribution in [0.1, 0.15) is 0 Å². The van der Waals surface area contributed by atoms with E-state index in [0.717, 1.165) is 21.5 Å². The summed E-state index contributed by atoms with van der Waals surface area (Å²) in [5, 5.41) is 0. The maximum Gasteiger partial charge on any atom is 0.306 e. The van der Waals surface area contributed by atoms with Gasteiger partial charge in [0.1, 0.15) is 5.75 Å². The number of oxazole rings is 1. The maximum absolute atomic E-state index is 5.73. The van der Waals surface area contributed by atoms with Crippen molar-refractivity contribution in [3.8, 4) is 23.1 Å². The van der Waals surface area contributed by atoms with Gasteiger partial charge in [-0.25, -0.2) is 4.98 Å². The molecule has 5 heteroatoms. The molecule has 3 aromatic rings. The molecule has 3 rings (SSSR count).